The number of benzene rings is 1. The van der Waals surface area contributed by atoms with E-state index in [-0.39, 0.29) is 6.03 Å². The Morgan fingerprint density at radius 3 is 2.80 bits per heavy atom. The van der Waals surface area contributed by atoms with Gasteiger partial charge < -0.3 is 19.7 Å². The first-order chi connectivity index (χ1) is 9.83. The van der Waals surface area contributed by atoms with Gasteiger partial charge in [0.1, 0.15) is 0 Å². The zero-order valence-electron chi connectivity index (χ0n) is 11.6. The lowest BCUT2D eigenvalue weighted by atomic mass is 10.1. The third kappa shape index (κ3) is 2.98. The quantitative estimate of drug-likeness (QED) is 0.920. The molecule has 0 aromatic heterocycles. The summed E-state index contributed by atoms with van der Waals surface area (Å²) in [7, 11) is 0. The van der Waals surface area contributed by atoms with E-state index in [1.54, 1.807) is 0 Å². The van der Waals surface area contributed by atoms with Gasteiger partial charge in [-0.2, -0.15) is 0 Å². The van der Waals surface area contributed by atoms with Crippen LogP contribution in [0.4, 0.5) is 4.79 Å². The van der Waals surface area contributed by atoms with Gasteiger partial charge in [-0.3, -0.25) is 0 Å². The van der Waals surface area contributed by atoms with Crippen LogP contribution in [0.1, 0.15) is 24.8 Å². The first-order valence-electron chi connectivity index (χ1n) is 7.24. The molecule has 1 aromatic rings. The largest absolute Gasteiger partial charge is 0.454 e. The van der Waals surface area contributed by atoms with Gasteiger partial charge in [0.25, 0.3) is 0 Å². The molecule has 108 valence electrons. The van der Waals surface area contributed by atoms with Gasteiger partial charge in [0.15, 0.2) is 11.5 Å². The number of urea groups is 1. The molecule has 0 spiro atoms. The van der Waals surface area contributed by atoms with Crippen LogP contribution in [0.3, 0.4) is 0 Å². The highest BCUT2D eigenvalue weighted by molar-refractivity contribution is 5.74. The van der Waals surface area contributed by atoms with Crippen LogP contribution in [-0.2, 0) is 6.42 Å². The number of nitrogens with zero attached hydrogens (tertiary/aromatic N) is 1. The maximum absolute atomic E-state index is 11.9. The molecule has 2 aliphatic heterocycles. The van der Waals surface area contributed by atoms with Gasteiger partial charge in [-0.05, 0) is 43.4 Å². The second-order valence-corrected chi connectivity index (χ2v) is 5.22. The molecule has 5 heteroatoms. The van der Waals surface area contributed by atoms with Crippen molar-refractivity contribution in [3.8, 4) is 11.5 Å². The third-order valence-electron chi connectivity index (χ3n) is 3.77. The average molecular weight is 276 g/mol. The number of nitrogens with one attached hydrogen (secondary N) is 1. The van der Waals surface area contributed by atoms with Crippen LogP contribution < -0.4 is 14.8 Å². The van der Waals surface area contributed by atoms with E-state index >= 15 is 0 Å². The van der Waals surface area contributed by atoms with Crippen molar-refractivity contribution < 1.29 is 14.3 Å². The lowest BCUT2D eigenvalue weighted by Crippen LogP contribution is -2.43. The van der Waals surface area contributed by atoms with Crippen molar-refractivity contribution in [2.75, 3.05) is 26.4 Å². The molecule has 1 N–H and O–H groups in total. The zero-order chi connectivity index (χ0) is 13.8. The molecule has 0 unspecified atom stereocenters. The Balaban J connectivity index is 1.46. The Morgan fingerprint density at radius 2 is 1.95 bits per heavy atom. The number of carbonyl (C=O) groups excluding carboxylic acids is 1. The van der Waals surface area contributed by atoms with Crippen molar-refractivity contribution in [3.63, 3.8) is 0 Å². The summed E-state index contributed by atoms with van der Waals surface area (Å²) in [6.07, 6.45) is 4.28. The summed E-state index contributed by atoms with van der Waals surface area (Å²) in [5.41, 5.74) is 1.15. The minimum atomic E-state index is 0.0606. The summed E-state index contributed by atoms with van der Waals surface area (Å²) in [6, 6.07) is 5.98. The van der Waals surface area contributed by atoms with Crippen molar-refractivity contribution in [2.24, 2.45) is 0 Å². The highest BCUT2D eigenvalue weighted by Crippen LogP contribution is 2.32. The second kappa shape index (κ2) is 6.03. The van der Waals surface area contributed by atoms with E-state index in [9.17, 15) is 4.79 Å². The zero-order valence-corrected chi connectivity index (χ0v) is 11.6. The molecule has 0 bridgehead atoms. The molecule has 20 heavy (non-hydrogen) atoms. The molecule has 2 heterocycles. The van der Waals surface area contributed by atoms with Gasteiger partial charge >= 0.3 is 6.03 Å². The predicted octanol–water partition coefficient (Wildman–Crippen LogP) is 2.15. The molecule has 0 saturated carbocycles. The molecule has 3 rings (SSSR count). The Hall–Kier alpha value is -1.91. The number of ether oxygens (including phenoxy) is 2. The van der Waals surface area contributed by atoms with E-state index in [0.717, 1.165) is 49.4 Å². The number of carbonyl (C=O) groups is 1. The Morgan fingerprint density at radius 1 is 1.15 bits per heavy atom. The maximum atomic E-state index is 11.9. The molecule has 0 aliphatic carbocycles. The molecule has 5 nitrogen and oxygen atoms in total. The summed E-state index contributed by atoms with van der Waals surface area (Å²) in [5, 5.41) is 2.98. The number of piperidine rings is 1. The van der Waals surface area contributed by atoms with Crippen LogP contribution >= 0.6 is 0 Å². The second-order valence-electron chi connectivity index (χ2n) is 5.22. The smallest absolute Gasteiger partial charge is 0.317 e. The van der Waals surface area contributed by atoms with Crippen molar-refractivity contribution in [1.29, 1.82) is 0 Å². The lowest BCUT2D eigenvalue weighted by Gasteiger charge is -2.26. The third-order valence-corrected chi connectivity index (χ3v) is 3.77. The van der Waals surface area contributed by atoms with Crippen molar-refractivity contribution in [2.45, 2.75) is 25.7 Å². The number of fused-ring (bicyclic) bond motifs is 1. The van der Waals surface area contributed by atoms with Crippen LogP contribution in [0.15, 0.2) is 18.2 Å². The van der Waals surface area contributed by atoms with E-state index in [2.05, 4.69) is 5.32 Å². The number of amides is 2. The average Bonchev–Trinajstić information content (AvgIpc) is 2.95. The summed E-state index contributed by atoms with van der Waals surface area (Å²) in [5.74, 6) is 1.59. The van der Waals surface area contributed by atoms with Crippen LogP contribution in [0.5, 0.6) is 11.5 Å². The molecule has 0 atom stereocenters. The number of hydrogen-bond donors (Lipinski definition) is 1. The molecular weight excluding hydrogens is 256 g/mol. The minimum Gasteiger partial charge on any atom is -0.454 e. The molecule has 1 aromatic carbocycles. The number of rotatable bonds is 3. The van der Waals surface area contributed by atoms with Gasteiger partial charge in [0.2, 0.25) is 6.79 Å². The van der Waals surface area contributed by atoms with E-state index < -0.39 is 0 Å². The SMILES string of the molecule is O=C(NCCc1ccc2c(c1)OCO2)N1CCCCC1. The number of likely N-dealkylation sites (tertiary alicyclic amines) is 1. The molecule has 2 aliphatic rings. The molecule has 2 amide bonds. The van der Waals surface area contributed by atoms with Gasteiger partial charge in [-0.1, -0.05) is 6.07 Å². The van der Waals surface area contributed by atoms with E-state index in [1.165, 1.54) is 6.42 Å². The molecular formula is C15H20N2O3. The van der Waals surface area contributed by atoms with E-state index in [1.807, 2.05) is 23.1 Å². The summed E-state index contributed by atoms with van der Waals surface area (Å²) < 4.78 is 10.6. The highest BCUT2D eigenvalue weighted by atomic mass is 16.7. The lowest BCUT2D eigenvalue weighted by molar-refractivity contribution is 0.174. The first-order valence-corrected chi connectivity index (χ1v) is 7.24. The summed E-state index contributed by atoms with van der Waals surface area (Å²) >= 11 is 0. The monoisotopic (exact) mass is 276 g/mol. The first kappa shape index (κ1) is 13.1. The Bertz CT molecular complexity index is 484. The molecule has 0 radical (unpaired) electrons. The van der Waals surface area contributed by atoms with Crippen LogP contribution in [-0.4, -0.2) is 37.4 Å². The fourth-order valence-corrected chi connectivity index (χ4v) is 2.62. The predicted molar refractivity (Wildman–Crippen MR) is 75.1 cm³/mol. The van der Waals surface area contributed by atoms with Crippen LogP contribution in [0.2, 0.25) is 0 Å². The summed E-state index contributed by atoms with van der Waals surface area (Å²) in [6.45, 7) is 2.71. The van der Waals surface area contributed by atoms with E-state index in [4.69, 9.17) is 9.47 Å². The Labute approximate surface area is 118 Å². The Kier molecular flexibility index (Phi) is 3.95. The topological polar surface area (TPSA) is 50.8 Å². The maximum Gasteiger partial charge on any atom is 0.317 e. The van der Waals surface area contributed by atoms with Crippen molar-refractivity contribution in [3.05, 3.63) is 23.8 Å². The summed E-state index contributed by atoms with van der Waals surface area (Å²) in [4.78, 5) is 13.9. The van der Waals surface area contributed by atoms with E-state index in [0.29, 0.717) is 13.3 Å². The normalized spacial score (nSPS) is 17.1. The van der Waals surface area contributed by atoms with Crippen molar-refractivity contribution in [1.82, 2.24) is 10.2 Å². The molecule has 1 saturated heterocycles. The van der Waals surface area contributed by atoms with Crippen LogP contribution in [0, 0.1) is 0 Å². The fraction of sp³-hybridized carbons (Fsp3) is 0.533. The highest BCUT2D eigenvalue weighted by Gasteiger charge is 2.16. The van der Waals surface area contributed by atoms with Gasteiger partial charge in [0, 0.05) is 19.6 Å². The van der Waals surface area contributed by atoms with Crippen LogP contribution in [0.25, 0.3) is 0 Å². The minimum absolute atomic E-state index is 0.0606. The fourth-order valence-electron chi connectivity index (χ4n) is 2.62. The molecule has 1 fully saturated rings. The van der Waals surface area contributed by atoms with Crippen molar-refractivity contribution >= 4 is 6.03 Å². The van der Waals surface area contributed by atoms with Gasteiger partial charge in [-0.25, -0.2) is 4.79 Å². The van der Waals surface area contributed by atoms with Gasteiger partial charge in [0.05, 0.1) is 0 Å². The van der Waals surface area contributed by atoms with Gasteiger partial charge in [-0.15, -0.1) is 0 Å². The standard InChI is InChI=1S/C15H20N2O3/c18-15(17-8-2-1-3-9-17)16-7-6-12-4-5-13-14(10-12)20-11-19-13/h4-5,10H,1-3,6-9,11H2,(H,16,18). The number of hydrogen-bond acceptors (Lipinski definition) is 3.